The lowest BCUT2D eigenvalue weighted by atomic mass is 10.2. The van der Waals surface area contributed by atoms with Crippen molar-refractivity contribution in [3.05, 3.63) is 0 Å². The van der Waals surface area contributed by atoms with Gasteiger partial charge in [-0.05, 0) is 12.8 Å². The summed E-state index contributed by atoms with van der Waals surface area (Å²) in [6.45, 7) is 3.74. The van der Waals surface area contributed by atoms with E-state index >= 15 is 0 Å². The summed E-state index contributed by atoms with van der Waals surface area (Å²) >= 11 is 5.69. The third-order valence-corrected chi connectivity index (χ3v) is 2.36. The number of methoxy groups -OCH3 is 2. The first-order valence-corrected chi connectivity index (χ1v) is 6.23. The molecule has 4 nitrogen and oxygen atoms in total. The zero-order chi connectivity index (χ0) is 12.1. The largest absolute Gasteiger partial charge is 0.385 e. The van der Waals surface area contributed by atoms with Gasteiger partial charge in [0.1, 0.15) is 0 Å². The topological polar surface area (TPSA) is 39.7 Å². The van der Waals surface area contributed by atoms with E-state index in [1.807, 2.05) is 0 Å². The highest BCUT2D eigenvalue weighted by atomic mass is 35.5. The summed E-state index contributed by atoms with van der Waals surface area (Å²) in [7, 11) is 3.40. The fourth-order valence-corrected chi connectivity index (χ4v) is 1.58. The van der Waals surface area contributed by atoms with Crippen molar-refractivity contribution in [1.29, 1.82) is 0 Å². The quantitative estimate of drug-likeness (QED) is 0.420. The Labute approximate surface area is 104 Å². The highest BCUT2D eigenvalue weighted by molar-refractivity contribution is 6.17. The van der Waals surface area contributed by atoms with Crippen LogP contribution in [0.1, 0.15) is 12.8 Å². The zero-order valence-electron chi connectivity index (χ0n) is 10.3. The van der Waals surface area contributed by atoms with E-state index in [0.717, 1.165) is 32.6 Å². The highest BCUT2D eigenvalue weighted by Gasteiger charge is 2.05. The minimum absolute atomic E-state index is 0.324. The number of nitrogens with one attached hydrogen (secondary N) is 1. The van der Waals surface area contributed by atoms with Gasteiger partial charge >= 0.3 is 0 Å². The maximum absolute atomic E-state index is 5.69. The molecule has 5 heteroatoms. The average molecular weight is 254 g/mol. The Balaban J connectivity index is 3.25. The minimum Gasteiger partial charge on any atom is -0.385 e. The fraction of sp³-hybridized carbons (Fsp3) is 1.00. The predicted molar refractivity (Wildman–Crippen MR) is 66.3 cm³/mol. The maximum Gasteiger partial charge on any atom is 0.0616 e. The van der Waals surface area contributed by atoms with Gasteiger partial charge in [0.15, 0.2) is 0 Å². The lowest BCUT2D eigenvalue weighted by Gasteiger charge is -2.16. The lowest BCUT2D eigenvalue weighted by Crippen LogP contribution is -2.36. The molecule has 0 spiro atoms. The molecule has 0 radical (unpaired) electrons. The molecular formula is C11H24ClNO3. The summed E-state index contributed by atoms with van der Waals surface area (Å²) in [4.78, 5) is 0. The second-order valence-electron chi connectivity index (χ2n) is 3.54. The first kappa shape index (κ1) is 16.1. The Bertz CT molecular complexity index is 132. The molecule has 0 rings (SSSR count). The van der Waals surface area contributed by atoms with Crippen molar-refractivity contribution in [2.75, 3.05) is 53.1 Å². The van der Waals surface area contributed by atoms with Gasteiger partial charge in [-0.3, -0.25) is 0 Å². The summed E-state index contributed by atoms with van der Waals surface area (Å²) in [6.07, 6.45) is 1.86. The van der Waals surface area contributed by atoms with Gasteiger partial charge in [0.05, 0.1) is 13.2 Å². The van der Waals surface area contributed by atoms with Crippen LogP contribution in [0.2, 0.25) is 0 Å². The van der Waals surface area contributed by atoms with Crippen molar-refractivity contribution in [3.8, 4) is 0 Å². The molecule has 0 aromatic carbocycles. The molecule has 1 unspecified atom stereocenters. The normalized spacial score (nSPS) is 12.9. The molecule has 16 heavy (non-hydrogen) atoms. The molecule has 0 aromatic heterocycles. The maximum atomic E-state index is 5.69. The van der Waals surface area contributed by atoms with Crippen molar-refractivity contribution in [1.82, 2.24) is 5.32 Å². The third-order valence-electron chi connectivity index (χ3n) is 2.14. The molecule has 0 heterocycles. The van der Waals surface area contributed by atoms with Gasteiger partial charge in [0.2, 0.25) is 0 Å². The van der Waals surface area contributed by atoms with Crippen LogP contribution >= 0.6 is 11.6 Å². The van der Waals surface area contributed by atoms with E-state index < -0.39 is 0 Å². The van der Waals surface area contributed by atoms with Crippen LogP contribution in [0.25, 0.3) is 0 Å². The van der Waals surface area contributed by atoms with E-state index in [1.54, 1.807) is 14.2 Å². The molecule has 98 valence electrons. The molecule has 0 aliphatic rings. The van der Waals surface area contributed by atoms with E-state index in [1.165, 1.54) is 0 Å². The molecule has 1 atom stereocenters. The van der Waals surface area contributed by atoms with Gasteiger partial charge < -0.3 is 19.5 Å². The van der Waals surface area contributed by atoms with Crippen molar-refractivity contribution < 1.29 is 14.2 Å². The first-order valence-electron chi connectivity index (χ1n) is 5.70. The zero-order valence-corrected chi connectivity index (χ0v) is 11.1. The summed E-state index contributed by atoms with van der Waals surface area (Å²) in [5.74, 6) is 0.649. The molecule has 0 aliphatic heterocycles. The number of halogens is 1. The number of alkyl halides is 1. The summed E-state index contributed by atoms with van der Waals surface area (Å²) in [6, 6.07) is 0.324. The smallest absolute Gasteiger partial charge is 0.0616 e. The molecule has 0 amide bonds. The molecule has 0 bridgehead atoms. The van der Waals surface area contributed by atoms with E-state index in [0.29, 0.717) is 25.1 Å². The second kappa shape index (κ2) is 13.2. The molecular weight excluding hydrogens is 230 g/mol. The Hall–Kier alpha value is 0.130. The van der Waals surface area contributed by atoms with Crippen LogP contribution in [0, 0.1) is 0 Å². The number of rotatable bonds is 12. The standard InChI is InChI=1S/C11H24ClNO3/c1-14-7-3-8-16-9-6-13-11(4-5-12)10-15-2/h11,13H,3-10H2,1-2H3. The van der Waals surface area contributed by atoms with E-state index in [4.69, 9.17) is 25.8 Å². The number of ether oxygens (including phenoxy) is 3. The minimum atomic E-state index is 0.324. The third kappa shape index (κ3) is 10.6. The van der Waals surface area contributed by atoms with E-state index in [2.05, 4.69) is 5.32 Å². The van der Waals surface area contributed by atoms with Gasteiger partial charge in [-0.25, -0.2) is 0 Å². The molecule has 0 aromatic rings. The van der Waals surface area contributed by atoms with Gasteiger partial charge in [-0.1, -0.05) is 0 Å². The Morgan fingerprint density at radius 2 is 1.94 bits per heavy atom. The van der Waals surface area contributed by atoms with Gasteiger partial charge in [0, 0.05) is 45.9 Å². The van der Waals surface area contributed by atoms with Crippen LogP contribution in [0.4, 0.5) is 0 Å². The van der Waals surface area contributed by atoms with Crippen molar-refractivity contribution in [3.63, 3.8) is 0 Å². The monoisotopic (exact) mass is 253 g/mol. The summed E-state index contributed by atoms with van der Waals surface area (Å²) < 4.78 is 15.4. The average Bonchev–Trinajstić information content (AvgIpc) is 2.28. The van der Waals surface area contributed by atoms with Crippen LogP contribution in [0.15, 0.2) is 0 Å². The lowest BCUT2D eigenvalue weighted by molar-refractivity contribution is 0.0988. The number of hydrogen-bond acceptors (Lipinski definition) is 4. The van der Waals surface area contributed by atoms with E-state index in [9.17, 15) is 0 Å². The predicted octanol–water partition coefficient (Wildman–Crippen LogP) is 1.27. The van der Waals surface area contributed by atoms with Crippen molar-refractivity contribution >= 4 is 11.6 Å². The second-order valence-corrected chi connectivity index (χ2v) is 3.92. The Kier molecular flexibility index (Phi) is 13.3. The first-order chi connectivity index (χ1) is 7.85. The Morgan fingerprint density at radius 3 is 2.56 bits per heavy atom. The van der Waals surface area contributed by atoms with Crippen molar-refractivity contribution in [2.45, 2.75) is 18.9 Å². The van der Waals surface area contributed by atoms with Crippen LogP contribution < -0.4 is 5.32 Å². The molecule has 1 N–H and O–H groups in total. The van der Waals surface area contributed by atoms with Crippen LogP contribution in [0.5, 0.6) is 0 Å². The summed E-state index contributed by atoms with van der Waals surface area (Å²) in [5.41, 5.74) is 0. The van der Waals surface area contributed by atoms with Gasteiger partial charge in [0.25, 0.3) is 0 Å². The number of hydrogen-bond donors (Lipinski definition) is 1. The van der Waals surface area contributed by atoms with E-state index in [-0.39, 0.29) is 0 Å². The molecule has 0 aliphatic carbocycles. The van der Waals surface area contributed by atoms with Gasteiger partial charge in [-0.15, -0.1) is 11.6 Å². The van der Waals surface area contributed by atoms with Crippen LogP contribution in [-0.4, -0.2) is 59.1 Å². The highest BCUT2D eigenvalue weighted by Crippen LogP contribution is 1.95. The van der Waals surface area contributed by atoms with Gasteiger partial charge in [-0.2, -0.15) is 0 Å². The fourth-order valence-electron chi connectivity index (χ4n) is 1.32. The van der Waals surface area contributed by atoms with Crippen molar-refractivity contribution in [2.24, 2.45) is 0 Å². The molecule has 0 saturated carbocycles. The Morgan fingerprint density at radius 1 is 1.12 bits per heavy atom. The molecule has 0 fully saturated rings. The SMILES string of the molecule is COCCCOCCNC(CCCl)COC. The molecule has 0 saturated heterocycles. The van der Waals surface area contributed by atoms with Crippen LogP contribution in [-0.2, 0) is 14.2 Å². The van der Waals surface area contributed by atoms with Crippen LogP contribution in [0.3, 0.4) is 0 Å². The summed E-state index contributed by atoms with van der Waals surface area (Å²) in [5, 5.41) is 3.35.